The smallest absolute Gasteiger partial charge is 0.264 e. The largest absolute Gasteiger partial charge is 0.494 e. The van der Waals surface area contributed by atoms with Crippen molar-refractivity contribution in [1.82, 2.24) is 9.55 Å². The van der Waals surface area contributed by atoms with E-state index in [-0.39, 0.29) is 21.5 Å². The van der Waals surface area contributed by atoms with Gasteiger partial charge in [0, 0.05) is 23.6 Å². The van der Waals surface area contributed by atoms with Crippen molar-refractivity contribution in [2.45, 2.75) is 36.3 Å². The summed E-state index contributed by atoms with van der Waals surface area (Å²) in [6.45, 7) is 4.35. The molecule has 0 radical (unpaired) electrons. The molecule has 4 rings (SSSR count). The number of H-pyrrole nitrogens is 1. The van der Waals surface area contributed by atoms with Crippen LogP contribution in [-0.4, -0.2) is 20.4 Å². The predicted octanol–water partition coefficient (Wildman–Crippen LogP) is 5.63. The maximum absolute atomic E-state index is 12.7. The molecular weight excluding hydrogens is 414 g/mol. The molecule has 5 nitrogen and oxygen atoms in total. The highest BCUT2D eigenvalue weighted by atomic mass is 32.2. The normalized spacial score (nSPS) is 16.1. The van der Waals surface area contributed by atoms with Crippen molar-refractivity contribution in [2.24, 2.45) is 12.0 Å². The molecule has 0 bridgehead atoms. The molecule has 0 spiro atoms. The zero-order chi connectivity index (χ0) is 21.4. The third-order valence-corrected chi connectivity index (χ3v) is 7.02. The number of aliphatic imine (C=N–C) groups is 1. The van der Waals surface area contributed by atoms with Gasteiger partial charge in [0.1, 0.15) is 5.56 Å². The number of nitrogens with zero attached hydrogens (tertiary/aromatic N) is 2. The van der Waals surface area contributed by atoms with Gasteiger partial charge >= 0.3 is 0 Å². The minimum Gasteiger partial charge on any atom is -0.494 e. The first-order chi connectivity index (χ1) is 14.3. The summed E-state index contributed by atoms with van der Waals surface area (Å²) < 4.78 is 1.57. The molecule has 30 heavy (non-hydrogen) atoms. The Morgan fingerprint density at radius 3 is 2.60 bits per heavy atom. The molecule has 2 aromatic carbocycles. The van der Waals surface area contributed by atoms with Crippen LogP contribution in [0, 0.1) is 4.77 Å². The van der Waals surface area contributed by atoms with Crippen LogP contribution in [0.4, 0.5) is 5.69 Å². The van der Waals surface area contributed by atoms with Crippen molar-refractivity contribution < 1.29 is 5.11 Å². The molecule has 1 aliphatic rings. The van der Waals surface area contributed by atoms with Gasteiger partial charge in [0.05, 0.1) is 11.4 Å². The average Bonchev–Trinajstić information content (AvgIpc) is 2.92. The molecule has 0 amide bonds. The minimum absolute atomic E-state index is 0.0564. The summed E-state index contributed by atoms with van der Waals surface area (Å²) in [7, 11) is 1.62. The van der Waals surface area contributed by atoms with E-state index in [1.807, 2.05) is 24.3 Å². The van der Waals surface area contributed by atoms with Gasteiger partial charge in [-0.1, -0.05) is 50.2 Å². The number of aromatic amines is 1. The van der Waals surface area contributed by atoms with Crippen LogP contribution in [0.5, 0.6) is 5.88 Å². The van der Waals surface area contributed by atoms with Crippen LogP contribution in [0.15, 0.2) is 63.2 Å². The number of hydrogen-bond donors (Lipinski definition) is 2. The lowest BCUT2D eigenvalue weighted by Crippen LogP contribution is -2.23. The van der Waals surface area contributed by atoms with Crippen LogP contribution in [0.25, 0.3) is 0 Å². The number of aromatic hydroxyl groups is 1. The van der Waals surface area contributed by atoms with Crippen molar-refractivity contribution in [3.05, 3.63) is 80.3 Å². The summed E-state index contributed by atoms with van der Waals surface area (Å²) >= 11 is 6.84. The van der Waals surface area contributed by atoms with Crippen molar-refractivity contribution in [1.29, 1.82) is 0 Å². The summed E-state index contributed by atoms with van der Waals surface area (Å²) in [6, 6.07) is 16.5. The molecule has 3 aromatic rings. The second kappa shape index (κ2) is 8.24. The number of para-hydroxylation sites is 1. The highest BCUT2D eigenvalue weighted by Crippen LogP contribution is 2.45. The number of hydrogen-bond acceptors (Lipinski definition) is 5. The second-order valence-corrected chi connectivity index (χ2v) is 9.31. The summed E-state index contributed by atoms with van der Waals surface area (Å²) in [4.78, 5) is 21.2. The van der Waals surface area contributed by atoms with E-state index in [0.29, 0.717) is 18.1 Å². The van der Waals surface area contributed by atoms with E-state index in [4.69, 9.17) is 17.2 Å². The van der Waals surface area contributed by atoms with E-state index in [0.717, 1.165) is 16.1 Å². The molecule has 154 valence electrons. The molecule has 7 heteroatoms. The Labute approximate surface area is 184 Å². The molecule has 0 saturated heterocycles. The molecule has 0 fully saturated rings. The number of benzene rings is 2. The topological polar surface area (TPSA) is 70.4 Å². The van der Waals surface area contributed by atoms with E-state index in [9.17, 15) is 9.90 Å². The SMILES string of the molecule is CC(C)c1ccc([C@@H]2CC(c3c(O)n(C)c(=S)[nH]c3=O)=Nc3ccccc3S2)cc1. The zero-order valence-corrected chi connectivity index (χ0v) is 18.7. The van der Waals surface area contributed by atoms with Crippen LogP contribution < -0.4 is 5.56 Å². The Kier molecular flexibility index (Phi) is 5.66. The van der Waals surface area contributed by atoms with Gasteiger partial charge < -0.3 is 5.11 Å². The van der Waals surface area contributed by atoms with Gasteiger partial charge in [0.25, 0.3) is 5.56 Å². The van der Waals surface area contributed by atoms with Crippen LogP contribution in [0.3, 0.4) is 0 Å². The van der Waals surface area contributed by atoms with Crippen LogP contribution in [-0.2, 0) is 7.05 Å². The molecule has 1 aromatic heterocycles. The van der Waals surface area contributed by atoms with Gasteiger partial charge in [0.2, 0.25) is 5.88 Å². The first-order valence-corrected chi connectivity index (χ1v) is 11.1. The summed E-state index contributed by atoms with van der Waals surface area (Å²) in [5, 5.41) is 10.8. The zero-order valence-electron chi connectivity index (χ0n) is 17.0. The predicted molar refractivity (Wildman–Crippen MR) is 125 cm³/mol. The van der Waals surface area contributed by atoms with Crippen molar-refractivity contribution in [3.63, 3.8) is 0 Å². The summed E-state index contributed by atoms with van der Waals surface area (Å²) in [5.74, 6) is 0.298. The van der Waals surface area contributed by atoms with Gasteiger partial charge in [-0.2, -0.15) is 0 Å². The van der Waals surface area contributed by atoms with Gasteiger partial charge in [-0.3, -0.25) is 19.3 Å². The number of aromatic nitrogens is 2. The Balaban J connectivity index is 1.85. The third-order valence-electron chi connectivity index (χ3n) is 5.33. The van der Waals surface area contributed by atoms with E-state index in [2.05, 4.69) is 43.1 Å². The number of fused-ring (bicyclic) bond motifs is 1. The Bertz CT molecular complexity index is 1240. The van der Waals surface area contributed by atoms with E-state index < -0.39 is 5.56 Å². The fourth-order valence-corrected chi connectivity index (χ4v) is 4.93. The van der Waals surface area contributed by atoms with Gasteiger partial charge in [-0.25, -0.2) is 0 Å². The summed E-state index contributed by atoms with van der Waals surface area (Å²) in [5.41, 5.74) is 3.54. The first-order valence-electron chi connectivity index (χ1n) is 9.81. The lowest BCUT2D eigenvalue weighted by Gasteiger charge is -2.17. The number of thioether (sulfide) groups is 1. The molecular formula is C23H23N3O2S2. The van der Waals surface area contributed by atoms with Gasteiger partial charge in [0.15, 0.2) is 4.77 Å². The Morgan fingerprint density at radius 2 is 1.90 bits per heavy atom. The maximum atomic E-state index is 12.7. The van der Waals surface area contributed by atoms with Crippen molar-refractivity contribution in [2.75, 3.05) is 0 Å². The molecule has 2 heterocycles. The lowest BCUT2D eigenvalue weighted by molar-refractivity contribution is 0.419. The molecule has 0 aliphatic carbocycles. The molecule has 2 N–H and O–H groups in total. The molecule has 0 unspecified atom stereocenters. The second-order valence-electron chi connectivity index (χ2n) is 7.68. The van der Waals surface area contributed by atoms with Crippen LogP contribution >= 0.6 is 24.0 Å². The van der Waals surface area contributed by atoms with Gasteiger partial charge in [-0.05, 0) is 41.4 Å². The third kappa shape index (κ3) is 3.87. The highest BCUT2D eigenvalue weighted by molar-refractivity contribution is 7.99. The Morgan fingerprint density at radius 1 is 1.20 bits per heavy atom. The fraction of sp³-hybridized carbons (Fsp3) is 0.261. The molecule has 1 atom stereocenters. The molecule has 0 saturated carbocycles. The quantitative estimate of drug-likeness (QED) is 0.521. The van der Waals surface area contributed by atoms with E-state index in [1.165, 1.54) is 10.1 Å². The Hall–Kier alpha value is -2.64. The van der Waals surface area contributed by atoms with Crippen molar-refractivity contribution in [3.8, 4) is 5.88 Å². The van der Waals surface area contributed by atoms with E-state index in [1.54, 1.807) is 18.8 Å². The van der Waals surface area contributed by atoms with Crippen molar-refractivity contribution >= 4 is 35.4 Å². The van der Waals surface area contributed by atoms with Gasteiger partial charge in [-0.15, -0.1) is 11.8 Å². The monoisotopic (exact) mass is 437 g/mol. The fourth-order valence-electron chi connectivity index (χ4n) is 3.52. The minimum atomic E-state index is -0.423. The molecule has 1 aliphatic heterocycles. The van der Waals surface area contributed by atoms with Crippen LogP contribution in [0.1, 0.15) is 48.1 Å². The number of rotatable bonds is 3. The highest BCUT2D eigenvalue weighted by Gasteiger charge is 2.26. The lowest BCUT2D eigenvalue weighted by atomic mass is 9.98. The summed E-state index contributed by atoms with van der Waals surface area (Å²) in [6.07, 6.45) is 0.508. The maximum Gasteiger partial charge on any atom is 0.264 e. The average molecular weight is 438 g/mol. The van der Waals surface area contributed by atoms with Crippen LogP contribution in [0.2, 0.25) is 0 Å². The van der Waals surface area contributed by atoms with E-state index >= 15 is 0 Å². The standard InChI is InChI=1S/C23H23N3O2S2/c1-13(2)14-8-10-15(11-9-14)19-12-17(24-16-6-4-5-7-18(16)30-19)20-21(27)25-23(29)26(3)22(20)28/h4-11,13,19,28H,12H2,1-3H3,(H,25,27,29)/t19-/m0/s1. The number of nitrogens with one attached hydrogen (secondary N) is 1. The first kappa shape index (κ1) is 20.6.